The molecular formula is C16H26N2O. The van der Waals surface area contributed by atoms with Gasteiger partial charge >= 0.3 is 0 Å². The van der Waals surface area contributed by atoms with E-state index in [4.69, 9.17) is 0 Å². The highest BCUT2D eigenvalue weighted by atomic mass is 16.2. The number of piperidine rings is 1. The second-order valence-electron chi connectivity index (χ2n) is 6.14. The highest BCUT2D eigenvalue weighted by Gasteiger charge is 2.48. The lowest BCUT2D eigenvalue weighted by molar-refractivity contribution is -0.147. The third kappa shape index (κ3) is 2.95. The predicted octanol–water partition coefficient (Wildman–Crippen LogP) is 2.12. The second-order valence-corrected chi connectivity index (χ2v) is 6.14. The Labute approximate surface area is 117 Å². The van der Waals surface area contributed by atoms with E-state index in [0.29, 0.717) is 11.9 Å². The van der Waals surface area contributed by atoms with Crippen LogP contribution in [0.4, 0.5) is 0 Å². The summed E-state index contributed by atoms with van der Waals surface area (Å²) in [5.74, 6) is 6.71. The Morgan fingerprint density at radius 2 is 2.05 bits per heavy atom. The maximum Gasteiger partial charge on any atom is 0.230 e. The summed E-state index contributed by atoms with van der Waals surface area (Å²) in [5, 5.41) is 0. The van der Waals surface area contributed by atoms with Crippen LogP contribution in [0.5, 0.6) is 0 Å². The van der Waals surface area contributed by atoms with Crippen molar-refractivity contribution in [2.75, 3.05) is 26.2 Å². The zero-order chi connectivity index (χ0) is 13.9. The summed E-state index contributed by atoms with van der Waals surface area (Å²) in [6.07, 6.45) is 4.15. The van der Waals surface area contributed by atoms with Gasteiger partial charge in [-0.2, -0.15) is 0 Å². The maximum atomic E-state index is 12.7. The van der Waals surface area contributed by atoms with Gasteiger partial charge in [0.25, 0.3) is 0 Å². The molecule has 2 heterocycles. The minimum absolute atomic E-state index is 0.101. The van der Waals surface area contributed by atoms with Gasteiger partial charge < -0.3 is 4.90 Å². The van der Waals surface area contributed by atoms with Crippen LogP contribution in [0.15, 0.2) is 0 Å². The summed E-state index contributed by atoms with van der Waals surface area (Å²) in [4.78, 5) is 17.2. The molecule has 19 heavy (non-hydrogen) atoms. The normalized spacial score (nSPS) is 28.0. The first-order valence-corrected chi connectivity index (χ1v) is 7.58. The van der Waals surface area contributed by atoms with Gasteiger partial charge in [0, 0.05) is 32.1 Å². The van der Waals surface area contributed by atoms with Crippen molar-refractivity contribution in [2.24, 2.45) is 5.41 Å². The third-order valence-corrected chi connectivity index (χ3v) is 4.43. The first kappa shape index (κ1) is 14.4. The van der Waals surface area contributed by atoms with Crippen LogP contribution in [0.25, 0.3) is 0 Å². The van der Waals surface area contributed by atoms with E-state index in [2.05, 4.69) is 42.4 Å². The smallest absolute Gasteiger partial charge is 0.230 e. The topological polar surface area (TPSA) is 23.6 Å². The van der Waals surface area contributed by atoms with Gasteiger partial charge in [-0.05, 0) is 33.1 Å². The van der Waals surface area contributed by atoms with Crippen molar-refractivity contribution in [3.63, 3.8) is 0 Å². The Bertz CT molecular complexity index is 393. The number of hydrogen-bond donors (Lipinski definition) is 0. The number of carbonyl (C=O) groups excluding carboxylic acids is 1. The van der Waals surface area contributed by atoms with Crippen LogP contribution in [0, 0.1) is 17.3 Å². The molecule has 2 fully saturated rings. The van der Waals surface area contributed by atoms with Gasteiger partial charge in [-0.3, -0.25) is 9.69 Å². The van der Waals surface area contributed by atoms with E-state index in [1.165, 1.54) is 0 Å². The second kappa shape index (κ2) is 5.96. The third-order valence-electron chi connectivity index (χ3n) is 4.43. The van der Waals surface area contributed by atoms with Crippen LogP contribution >= 0.6 is 0 Å². The lowest BCUT2D eigenvalue weighted by atomic mass is 9.78. The molecule has 1 atom stereocenters. The van der Waals surface area contributed by atoms with Crippen LogP contribution in [0.1, 0.15) is 46.5 Å². The number of carbonyl (C=O) groups is 1. The minimum atomic E-state index is -0.101. The molecule has 2 aliphatic heterocycles. The number of amides is 1. The predicted molar refractivity (Wildman–Crippen MR) is 77.6 cm³/mol. The van der Waals surface area contributed by atoms with Gasteiger partial charge in [0.1, 0.15) is 0 Å². The summed E-state index contributed by atoms with van der Waals surface area (Å²) in [6.45, 7) is 10.0. The lowest BCUT2D eigenvalue weighted by Crippen LogP contribution is -2.52. The maximum absolute atomic E-state index is 12.7. The molecule has 0 aromatic carbocycles. The molecule has 0 N–H and O–H groups in total. The van der Waals surface area contributed by atoms with E-state index in [0.717, 1.165) is 51.9 Å². The Morgan fingerprint density at radius 1 is 1.26 bits per heavy atom. The Hall–Kier alpha value is -1.01. The van der Waals surface area contributed by atoms with E-state index >= 15 is 0 Å². The molecule has 0 radical (unpaired) electrons. The van der Waals surface area contributed by atoms with Crippen molar-refractivity contribution in [1.29, 1.82) is 0 Å². The lowest BCUT2D eigenvalue weighted by Gasteiger charge is -2.41. The van der Waals surface area contributed by atoms with Crippen LogP contribution in [0.3, 0.4) is 0 Å². The fourth-order valence-corrected chi connectivity index (χ4v) is 3.36. The summed E-state index contributed by atoms with van der Waals surface area (Å²) in [5.41, 5.74) is -0.101. The molecule has 0 aliphatic carbocycles. The Balaban J connectivity index is 2.02. The zero-order valence-corrected chi connectivity index (χ0v) is 12.5. The van der Waals surface area contributed by atoms with Gasteiger partial charge in [-0.15, -0.1) is 5.92 Å². The van der Waals surface area contributed by atoms with E-state index in [9.17, 15) is 4.79 Å². The van der Waals surface area contributed by atoms with Crippen LogP contribution in [-0.2, 0) is 4.79 Å². The van der Waals surface area contributed by atoms with Crippen molar-refractivity contribution >= 4 is 5.91 Å². The summed E-state index contributed by atoms with van der Waals surface area (Å²) in [7, 11) is 0. The van der Waals surface area contributed by atoms with Crippen LogP contribution in [0.2, 0.25) is 0 Å². The first-order valence-electron chi connectivity index (χ1n) is 7.58. The largest absolute Gasteiger partial charge is 0.340 e. The van der Waals surface area contributed by atoms with Crippen LogP contribution < -0.4 is 0 Å². The number of likely N-dealkylation sites (tertiary alicyclic amines) is 2. The molecule has 3 heteroatoms. The summed E-state index contributed by atoms with van der Waals surface area (Å²) in [6, 6.07) is 0.332. The fourth-order valence-electron chi connectivity index (χ4n) is 3.36. The van der Waals surface area contributed by atoms with Gasteiger partial charge in [-0.1, -0.05) is 12.8 Å². The van der Waals surface area contributed by atoms with E-state index in [1.807, 2.05) is 0 Å². The van der Waals surface area contributed by atoms with Crippen molar-refractivity contribution in [3.05, 3.63) is 0 Å². The Kier molecular flexibility index (Phi) is 4.52. The van der Waals surface area contributed by atoms with Crippen molar-refractivity contribution in [3.8, 4) is 11.8 Å². The van der Waals surface area contributed by atoms with Gasteiger partial charge in [-0.25, -0.2) is 0 Å². The molecule has 1 amide bonds. The summed E-state index contributed by atoms with van der Waals surface area (Å²) >= 11 is 0. The minimum Gasteiger partial charge on any atom is -0.340 e. The highest BCUT2D eigenvalue weighted by Crippen LogP contribution is 2.40. The van der Waals surface area contributed by atoms with Gasteiger partial charge in [0.05, 0.1) is 12.0 Å². The number of rotatable bonds is 2. The Morgan fingerprint density at radius 3 is 2.74 bits per heavy atom. The molecule has 0 aromatic rings. The number of hydrogen-bond acceptors (Lipinski definition) is 2. The molecule has 0 bridgehead atoms. The molecule has 2 aliphatic rings. The van der Waals surface area contributed by atoms with Crippen molar-refractivity contribution < 1.29 is 4.79 Å². The molecule has 0 aromatic heterocycles. The van der Waals surface area contributed by atoms with Crippen molar-refractivity contribution in [2.45, 2.75) is 52.5 Å². The SMILES string of the molecule is CCC#CCN1CC[C@@]2(CCCN(C(C)C)C2=O)C1. The molecule has 106 valence electrons. The van der Waals surface area contributed by atoms with E-state index < -0.39 is 0 Å². The highest BCUT2D eigenvalue weighted by molar-refractivity contribution is 5.84. The fraction of sp³-hybridized carbons (Fsp3) is 0.812. The van der Waals surface area contributed by atoms with Gasteiger partial charge in [0.2, 0.25) is 5.91 Å². The van der Waals surface area contributed by atoms with Gasteiger partial charge in [0.15, 0.2) is 0 Å². The molecule has 2 saturated heterocycles. The summed E-state index contributed by atoms with van der Waals surface area (Å²) < 4.78 is 0. The molecule has 0 saturated carbocycles. The van der Waals surface area contributed by atoms with E-state index in [-0.39, 0.29) is 5.41 Å². The molecule has 2 rings (SSSR count). The van der Waals surface area contributed by atoms with Crippen LogP contribution in [-0.4, -0.2) is 47.9 Å². The molecule has 3 nitrogen and oxygen atoms in total. The standard InChI is InChI=1S/C16H26N2O/c1-4-5-6-10-17-12-9-16(13-17)8-7-11-18(14(2)3)15(16)19/h14H,4,7-13H2,1-3H3/t16-/m0/s1. The number of nitrogens with zero attached hydrogens (tertiary/aromatic N) is 2. The first-order chi connectivity index (χ1) is 9.09. The zero-order valence-electron chi connectivity index (χ0n) is 12.5. The average molecular weight is 262 g/mol. The quantitative estimate of drug-likeness (QED) is 0.712. The van der Waals surface area contributed by atoms with E-state index in [1.54, 1.807) is 0 Å². The average Bonchev–Trinajstić information content (AvgIpc) is 2.77. The molecule has 1 spiro atoms. The van der Waals surface area contributed by atoms with Crippen molar-refractivity contribution in [1.82, 2.24) is 9.80 Å². The molecular weight excluding hydrogens is 236 g/mol. The monoisotopic (exact) mass is 262 g/mol. The molecule has 0 unspecified atom stereocenters.